The van der Waals surface area contributed by atoms with Crippen LogP contribution in [0.25, 0.3) is 6.08 Å². The molecule has 1 fully saturated rings. The van der Waals surface area contributed by atoms with Crippen LogP contribution in [0.1, 0.15) is 33.3 Å². The number of imide groups is 1. The Kier molecular flexibility index (Phi) is 5.71. The molecule has 0 N–H and O–H groups in total. The van der Waals surface area contributed by atoms with E-state index in [2.05, 4.69) is 0 Å². The third-order valence-corrected chi connectivity index (χ3v) is 4.09. The normalized spacial score (nSPS) is 16.6. The predicted molar refractivity (Wildman–Crippen MR) is 91.7 cm³/mol. The van der Waals surface area contributed by atoms with Gasteiger partial charge >= 0.3 is 0 Å². The molecule has 1 aromatic carbocycles. The van der Waals surface area contributed by atoms with Crippen LogP contribution in [0.2, 0.25) is 0 Å². The Balaban J connectivity index is 2.30. The molecule has 6 heteroatoms. The zero-order chi connectivity index (χ0) is 17.0. The summed E-state index contributed by atoms with van der Waals surface area (Å²) in [5, 5.41) is -0.229. The molecule has 2 amide bonds. The summed E-state index contributed by atoms with van der Waals surface area (Å²) in [4.78, 5) is 25.9. The zero-order valence-electron chi connectivity index (χ0n) is 13.8. The number of benzene rings is 1. The number of nitrogens with zero attached hydrogens (tertiary/aromatic N) is 1. The first kappa shape index (κ1) is 17.4. The van der Waals surface area contributed by atoms with Gasteiger partial charge in [-0.3, -0.25) is 14.5 Å². The highest BCUT2D eigenvalue weighted by molar-refractivity contribution is 8.18. The van der Waals surface area contributed by atoms with Gasteiger partial charge in [-0.25, -0.2) is 0 Å². The zero-order valence-corrected chi connectivity index (χ0v) is 14.6. The fraction of sp³-hybridized carbons (Fsp3) is 0.412. The average Bonchev–Trinajstić information content (AvgIpc) is 2.76. The molecule has 0 aromatic heterocycles. The van der Waals surface area contributed by atoms with Crippen molar-refractivity contribution in [1.82, 2.24) is 4.90 Å². The monoisotopic (exact) mass is 335 g/mol. The summed E-state index contributed by atoms with van der Waals surface area (Å²) >= 11 is 0.965. The Labute approximate surface area is 140 Å². The maximum absolute atomic E-state index is 12.3. The molecule has 0 spiro atoms. The molecule has 1 aliphatic heterocycles. The lowest BCUT2D eigenvalue weighted by Crippen LogP contribution is -2.34. The topological polar surface area (TPSA) is 55.8 Å². The van der Waals surface area contributed by atoms with Crippen LogP contribution in [0.4, 0.5) is 4.79 Å². The van der Waals surface area contributed by atoms with E-state index in [0.29, 0.717) is 29.6 Å². The largest absolute Gasteiger partial charge is 0.490 e. The first-order valence-corrected chi connectivity index (χ1v) is 8.46. The van der Waals surface area contributed by atoms with Gasteiger partial charge in [0.15, 0.2) is 11.5 Å². The van der Waals surface area contributed by atoms with Crippen molar-refractivity contribution in [2.75, 3.05) is 13.2 Å². The summed E-state index contributed by atoms with van der Waals surface area (Å²) in [5.74, 6) is 1.05. The first-order chi connectivity index (χ1) is 11.0. The summed E-state index contributed by atoms with van der Waals surface area (Å²) in [5.41, 5.74) is 0.797. The molecule has 0 bridgehead atoms. The van der Waals surface area contributed by atoms with E-state index >= 15 is 0 Å². The minimum Gasteiger partial charge on any atom is -0.490 e. The van der Waals surface area contributed by atoms with E-state index in [1.165, 1.54) is 4.90 Å². The molecule has 1 saturated heterocycles. The van der Waals surface area contributed by atoms with E-state index < -0.39 is 0 Å². The van der Waals surface area contributed by atoms with Gasteiger partial charge in [0.05, 0.1) is 18.1 Å². The molecular weight excluding hydrogens is 314 g/mol. The lowest BCUT2D eigenvalue weighted by atomic mass is 10.1. The number of ether oxygens (including phenoxy) is 2. The molecule has 0 saturated carbocycles. The van der Waals surface area contributed by atoms with Crippen molar-refractivity contribution in [2.45, 2.75) is 33.7 Å². The summed E-state index contributed by atoms with van der Waals surface area (Å²) in [7, 11) is 0. The highest BCUT2D eigenvalue weighted by Crippen LogP contribution is 2.35. The van der Waals surface area contributed by atoms with Gasteiger partial charge < -0.3 is 9.47 Å². The Morgan fingerprint density at radius 1 is 1.13 bits per heavy atom. The van der Waals surface area contributed by atoms with Crippen LogP contribution in [0, 0.1) is 0 Å². The molecule has 1 heterocycles. The van der Waals surface area contributed by atoms with Gasteiger partial charge in [0.2, 0.25) is 0 Å². The van der Waals surface area contributed by atoms with Gasteiger partial charge in [-0.05, 0) is 63.2 Å². The molecule has 0 unspecified atom stereocenters. The van der Waals surface area contributed by atoms with Crippen molar-refractivity contribution in [3.8, 4) is 11.5 Å². The number of rotatable bonds is 6. The molecular formula is C17H21NO4S. The van der Waals surface area contributed by atoms with Crippen molar-refractivity contribution in [2.24, 2.45) is 0 Å². The number of thioether (sulfide) groups is 1. The summed E-state index contributed by atoms with van der Waals surface area (Å²) in [6, 6.07) is 5.33. The molecule has 2 rings (SSSR count). The smallest absolute Gasteiger partial charge is 0.293 e. The van der Waals surface area contributed by atoms with Gasteiger partial charge in [-0.2, -0.15) is 0 Å². The average molecular weight is 335 g/mol. The van der Waals surface area contributed by atoms with Gasteiger partial charge in [0.25, 0.3) is 11.1 Å². The quantitative estimate of drug-likeness (QED) is 0.737. The Morgan fingerprint density at radius 2 is 1.78 bits per heavy atom. The van der Waals surface area contributed by atoms with E-state index in [1.54, 1.807) is 6.08 Å². The Morgan fingerprint density at radius 3 is 2.35 bits per heavy atom. The van der Waals surface area contributed by atoms with E-state index in [0.717, 1.165) is 17.3 Å². The van der Waals surface area contributed by atoms with Gasteiger partial charge in [0, 0.05) is 6.04 Å². The predicted octanol–water partition coefficient (Wildman–Crippen LogP) is 3.93. The first-order valence-electron chi connectivity index (χ1n) is 7.64. The maximum Gasteiger partial charge on any atom is 0.293 e. The molecule has 0 atom stereocenters. The van der Waals surface area contributed by atoms with Crippen molar-refractivity contribution >= 4 is 29.0 Å². The number of hydrogen-bond acceptors (Lipinski definition) is 5. The van der Waals surface area contributed by atoms with Gasteiger partial charge in [-0.1, -0.05) is 6.07 Å². The molecule has 0 radical (unpaired) electrons. The lowest BCUT2D eigenvalue weighted by Gasteiger charge is -2.16. The van der Waals surface area contributed by atoms with Gasteiger partial charge in [-0.15, -0.1) is 0 Å². The second kappa shape index (κ2) is 7.55. The van der Waals surface area contributed by atoms with Crippen molar-refractivity contribution in [3.63, 3.8) is 0 Å². The molecule has 5 nitrogen and oxygen atoms in total. The molecule has 0 aliphatic carbocycles. The van der Waals surface area contributed by atoms with E-state index in [-0.39, 0.29) is 17.2 Å². The molecule has 1 aliphatic rings. The molecule has 1 aromatic rings. The Hall–Kier alpha value is -1.95. The van der Waals surface area contributed by atoms with Crippen molar-refractivity contribution < 1.29 is 19.1 Å². The van der Waals surface area contributed by atoms with E-state index in [1.807, 2.05) is 45.9 Å². The minimum absolute atomic E-state index is 0.146. The third kappa shape index (κ3) is 3.88. The lowest BCUT2D eigenvalue weighted by molar-refractivity contribution is -0.123. The SMILES string of the molecule is CCOc1ccc(/C=C2\SC(=O)N(C(C)C)C2=O)cc1OCC. The summed E-state index contributed by atoms with van der Waals surface area (Å²) in [6.07, 6.45) is 1.71. The van der Waals surface area contributed by atoms with Crippen LogP contribution in [0.15, 0.2) is 23.1 Å². The highest BCUT2D eigenvalue weighted by atomic mass is 32.2. The van der Waals surface area contributed by atoms with Crippen molar-refractivity contribution in [1.29, 1.82) is 0 Å². The van der Waals surface area contributed by atoms with E-state index in [4.69, 9.17) is 9.47 Å². The Bertz CT molecular complexity index is 639. The fourth-order valence-electron chi connectivity index (χ4n) is 2.23. The number of carbonyl (C=O) groups is 2. The number of hydrogen-bond donors (Lipinski definition) is 0. The van der Waals surface area contributed by atoms with Crippen LogP contribution >= 0.6 is 11.8 Å². The van der Waals surface area contributed by atoms with Crippen LogP contribution < -0.4 is 9.47 Å². The fourth-order valence-corrected chi connectivity index (χ4v) is 3.19. The summed E-state index contributed by atoms with van der Waals surface area (Å²) in [6.45, 7) is 8.52. The second-order valence-electron chi connectivity index (χ2n) is 5.22. The number of amides is 2. The van der Waals surface area contributed by atoms with Crippen LogP contribution in [0.3, 0.4) is 0 Å². The van der Waals surface area contributed by atoms with Crippen LogP contribution in [-0.4, -0.2) is 35.3 Å². The van der Waals surface area contributed by atoms with Gasteiger partial charge in [0.1, 0.15) is 0 Å². The standard InChI is InChI=1S/C17H21NO4S/c1-5-21-13-8-7-12(9-14(13)22-6-2)10-15-16(19)18(11(3)4)17(20)23-15/h7-11H,5-6H2,1-4H3/b15-10-. The summed E-state index contributed by atoms with van der Waals surface area (Å²) < 4.78 is 11.1. The number of carbonyl (C=O) groups excluding carboxylic acids is 2. The second-order valence-corrected chi connectivity index (χ2v) is 6.21. The third-order valence-electron chi connectivity index (χ3n) is 3.21. The van der Waals surface area contributed by atoms with Crippen molar-refractivity contribution in [3.05, 3.63) is 28.7 Å². The highest BCUT2D eigenvalue weighted by Gasteiger charge is 2.36. The van der Waals surface area contributed by atoms with E-state index in [9.17, 15) is 9.59 Å². The maximum atomic E-state index is 12.3. The van der Waals surface area contributed by atoms with Crippen LogP contribution in [0.5, 0.6) is 11.5 Å². The minimum atomic E-state index is -0.248. The molecule has 23 heavy (non-hydrogen) atoms. The van der Waals surface area contributed by atoms with Crippen LogP contribution in [-0.2, 0) is 4.79 Å². The molecule has 124 valence electrons.